The number of carbonyl (C=O) groups is 2. The Morgan fingerprint density at radius 1 is 1.03 bits per heavy atom. The first-order valence-electron chi connectivity index (χ1n) is 11.1. The summed E-state index contributed by atoms with van der Waals surface area (Å²) in [5, 5.41) is 25.2. The maximum Gasteiger partial charge on any atom is 0.469 e. The lowest BCUT2D eigenvalue weighted by Gasteiger charge is -2.29. The van der Waals surface area contributed by atoms with Gasteiger partial charge in [0, 0.05) is 30.7 Å². The third-order valence-corrected chi connectivity index (χ3v) is 6.31. The van der Waals surface area contributed by atoms with Crippen molar-refractivity contribution in [3.05, 3.63) is 0 Å². The highest BCUT2D eigenvalue weighted by molar-refractivity contribution is 7.99. The highest BCUT2D eigenvalue weighted by Gasteiger charge is 2.35. The number of unbranched alkanes of at least 4 members (excludes halogenated alkanes) is 5. The van der Waals surface area contributed by atoms with E-state index in [1.807, 2.05) is 0 Å². The molecule has 2 amide bonds. The highest BCUT2D eigenvalue weighted by atomic mass is 32.2. The Morgan fingerprint density at radius 2 is 1.66 bits per heavy atom. The van der Waals surface area contributed by atoms with E-state index in [0.717, 1.165) is 19.3 Å². The van der Waals surface area contributed by atoms with Crippen molar-refractivity contribution in [3.8, 4) is 0 Å². The molecule has 10 nitrogen and oxygen atoms in total. The number of rotatable bonds is 19. The molecule has 0 spiro atoms. The van der Waals surface area contributed by atoms with Crippen LogP contribution in [0.4, 0.5) is 0 Å². The fourth-order valence-electron chi connectivity index (χ4n) is 2.74. The summed E-state index contributed by atoms with van der Waals surface area (Å²) in [6.07, 6.45) is 6.24. The van der Waals surface area contributed by atoms with Gasteiger partial charge in [-0.15, -0.1) is 11.8 Å². The van der Waals surface area contributed by atoms with Gasteiger partial charge in [-0.05, 0) is 6.42 Å². The summed E-state index contributed by atoms with van der Waals surface area (Å²) in [5.41, 5.74) is -1.67. The van der Waals surface area contributed by atoms with E-state index < -0.39 is 37.3 Å². The Hall–Kier alpha value is -0.680. The minimum Gasteiger partial charge on any atom is -0.383 e. The molecule has 32 heavy (non-hydrogen) atoms. The number of thioether (sulfide) groups is 1. The average Bonchev–Trinajstić information content (AvgIpc) is 2.71. The molecule has 0 aromatic heterocycles. The van der Waals surface area contributed by atoms with E-state index in [0.29, 0.717) is 12.3 Å². The van der Waals surface area contributed by atoms with Gasteiger partial charge in [0.15, 0.2) is 0 Å². The zero-order valence-electron chi connectivity index (χ0n) is 19.4. The summed E-state index contributed by atoms with van der Waals surface area (Å²) < 4.78 is 15.1. The third-order valence-electron chi connectivity index (χ3n) is 4.78. The van der Waals surface area contributed by atoms with E-state index in [2.05, 4.69) is 22.1 Å². The van der Waals surface area contributed by atoms with Gasteiger partial charge >= 0.3 is 7.82 Å². The summed E-state index contributed by atoms with van der Waals surface area (Å²) >= 11 is 1.40. The van der Waals surface area contributed by atoms with E-state index in [-0.39, 0.29) is 18.9 Å². The number of hydrogen-bond donors (Lipinski definition) is 6. The first-order chi connectivity index (χ1) is 14.9. The molecular formula is C20H41N2O8PS. The minimum atomic E-state index is -4.71. The number of aliphatic hydroxyl groups is 2. The molecule has 0 aromatic rings. The topological polar surface area (TPSA) is 165 Å². The maximum absolute atomic E-state index is 12.0. The first-order valence-corrected chi connectivity index (χ1v) is 13.7. The number of amides is 2. The van der Waals surface area contributed by atoms with Crippen LogP contribution in [0.25, 0.3) is 0 Å². The fraction of sp³-hybridized carbons (Fsp3) is 0.900. The monoisotopic (exact) mass is 500 g/mol. The Kier molecular flexibility index (Phi) is 16.5. The molecule has 0 saturated heterocycles. The summed E-state index contributed by atoms with van der Waals surface area (Å²) in [4.78, 5) is 41.3. The van der Waals surface area contributed by atoms with Crippen molar-refractivity contribution in [2.45, 2.75) is 83.7 Å². The van der Waals surface area contributed by atoms with Gasteiger partial charge in [0.2, 0.25) is 11.8 Å². The van der Waals surface area contributed by atoms with Crippen LogP contribution in [0, 0.1) is 5.41 Å². The summed E-state index contributed by atoms with van der Waals surface area (Å²) in [7, 11) is -4.71. The van der Waals surface area contributed by atoms with Crippen molar-refractivity contribution in [3.63, 3.8) is 0 Å². The molecule has 0 bridgehead atoms. The Morgan fingerprint density at radius 3 is 2.28 bits per heavy atom. The first kappa shape index (κ1) is 31.3. The zero-order valence-corrected chi connectivity index (χ0v) is 21.1. The van der Waals surface area contributed by atoms with Crippen LogP contribution in [-0.4, -0.2) is 68.8 Å². The van der Waals surface area contributed by atoms with E-state index in [4.69, 9.17) is 9.79 Å². The summed E-state index contributed by atoms with van der Waals surface area (Å²) in [6.45, 7) is 4.93. The quantitative estimate of drug-likeness (QED) is 0.0882. The largest absolute Gasteiger partial charge is 0.469 e. The number of carbonyl (C=O) groups excluding carboxylic acids is 2. The predicted octanol–water partition coefficient (Wildman–Crippen LogP) is 1.91. The van der Waals surface area contributed by atoms with Crippen LogP contribution in [0.5, 0.6) is 0 Å². The molecule has 0 aliphatic carbocycles. The van der Waals surface area contributed by atoms with Crippen molar-refractivity contribution in [1.82, 2.24) is 10.6 Å². The number of aliphatic hydroxyl groups excluding tert-OH is 2. The molecule has 6 N–H and O–H groups in total. The normalized spacial score (nSPS) is 14.1. The van der Waals surface area contributed by atoms with Crippen LogP contribution in [0.1, 0.15) is 72.1 Å². The third kappa shape index (κ3) is 16.9. The maximum atomic E-state index is 12.0. The summed E-state index contributed by atoms with van der Waals surface area (Å²) in [6, 6.07) is 0. The van der Waals surface area contributed by atoms with E-state index in [1.165, 1.54) is 51.3 Å². The molecular weight excluding hydrogens is 459 g/mol. The van der Waals surface area contributed by atoms with Crippen molar-refractivity contribution in [1.29, 1.82) is 0 Å². The highest BCUT2D eigenvalue weighted by Crippen LogP contribution is 2.38. The molecule has 190 valence electrons. The molecule has 0 rings (SSSR count). The second kappa shape index (κ2) is 16.9. The lowest BCUT2D eigenvalue weighted by Crippen LogP contribution is -2.46. The molecule has 0 aromatic carbocycles. The number of phosphoric acid groups is 1. The number of nitrogens with one attached hydrogen (secondary N) is 2. The van der Waals surface area contributed by atoms with Gasteiger partial charge in [0.25, 0.3) is 0 Å². The van der Waals surface area contributed by atoms with Gasteiger partial charge in [0.1, 0.15) is 6.10 Å². The standard InChI is InChI=1S/C20H41N2O8PS/c1-4-5-6-7-8-9-10-17(24)32-14-13-21-16(23)11-12-22-19(26)18(25)20(2,3)15-30-31(27,28)29/h17-18,24-25H,4-15H2,1-3H3,(H,21,23)(H,22,26)(H2,27,28,29)/t17?,18-/m1/s1. The molecule has 12 heteroatoms. The van der Waals surface area contributed by atoms with Crippen LogP contribution in [0.3, 0.4) is 0 Å². The molecule has 0 aliphatic rings. The Labute approximate surface area is 195 Å². The number of hydrogen-bond acceptors (Lipinski definition) is 7. The SMILES string of the molecule is CCCCCCCCC(O)SCCNC(=O)CCNC(=O)[C@@H](O)C(C)(C)COP(=O)(O)O. The van der Waals surface area contributed by atoms with E-state index in [1.54, 1.807) is 0 Å². The van der Waals surface area contributed by atoms with Crippen LogP contribution < -0.4 is 10.6 Å². The van der Waals surface area contributed by atoms with Crippen LogP contribution in [-0.2, 0) is 18.7 Å². The van der Waals surface area contributed by atoms with Gasteiger partial charge in [-0.3, -0.25) is 14.1 Å². The van der Waals surface area contributed by atoms with Gasteiger partial charge in [-0.25, -0.2) is 4.57 Å². The lowest BCUT2D eigenvalue weighted by molar-refractivity contribution is -0.137. The van der Waals surface area contributed by atoms with Crippen LogP contribution in [0.2, 0.25) is 0 Å². The Balaban J connectivity index is 3.89. The van der Waals surface area contributed by atoms with Crippen molar-refractivity contribution in [2.24, 2.45) is 5.41 Å². The van der Waals surface area contributed by atoms with Gasteiger partial charge in [-0.1, -0.05) is 59.3 Å². The van der Waals surface area contributed by atoms with Crippen LogP contribution >= 0.6 is 19.6 Å². The van der Waals surface area contributed by atoms with Gasteiger partial charge in [-0.2, -0.15) is 0 Å². The van der Waals surface area contributed by atoms with E-state index >= 15 is 0 Å². The zero-order chi connectivity index (χ0) is 24.6. The van der Waals surface area contributed by atoms with E-state index in [9.17, 15) is 24.4 Å². The number of phosphoric ester groups is 1. The molecule has 1 unspecified atom stereocenters. The van der Waals surface area contributed by atoms with Crippen molar-refractivity contribution in [2.75, 3.05) is 25.4 Å². The second-order valence-electron chi connectivity index (χ2n) is 8.43. The van der Waals surface area contributed by atoms with Crippen LogP contribution in [0.15, 0.2) is 0 Å². The molecule has 0 radical (unpaired) electrons. The van der Waals surface area contributed by atoms with Crippen molar-refractivity contribution >= 4 is 31.4 Å². The molecule has 0 heterocycles. The molecule has 2 atom stereocenters. The predicted molar refractivity (Wildman–Crippen MR) is 125 cm³/mol. The smallest absolute Gasteiger partial charge is 0.383 e. The second-order valence-corrected chi connectivity index (χ2v) is 11.0. The average molecular weight is 501 g/mol. The fourth-order valence-corrected chi connectivity index (χ4v) is 4.06. The van der Waals surface area contributed by atoms with Crippen molar-refractivity contribution < 1.29 is 38.7 Å². The molecule has 0 aliphatic heterocycles. The molecule has 0 fully saturated rings. The van der Waals surface area contributed by atoms with Gasteiger partial charge < -0.3 is 30.6 Å². The lowest BCUT2D eigenvalue weighted by atomic mass is 9.87. The van der Waals surface area contributed by atoms with Gasteiger partial charge in [0.05, 0.1) is 12.0 Å². The minimum absolute atomic E-state index is 0.00492. The summed E-state index contributed by atoms with van der Waals surface area (Å²) in [5.74, 6) is -0.443. The molecule has 0 saturated carbocycles. The Bertz CT molecular complexity index is 588.